The largest absolute Gasteiger partial charge is 0.496 e. The molecule has 1 aliphatic rings. The number of ether oxygens (including phenoxy) is 3. The lowest BCUT2D eigenvalue weighted by Crippen LogP contribution is -2.09. The smallest absolute Gasteiger partial charge is 0.379 e. The monoisotopic (exact) mass is 579 g/mol. The van der Waals surface area contributed by atoms with Crippen LogP contribution < -0.4 is 9.47 Å². The highest BCUT2D eigenvalue weighted by Gasteiger charge is 2.27. The Morgan fingerprint density at radius 1 is 1.19 bits per heavy atom. The number of carbonyl (C=O) groups is 2. The van der Waals surface area contributed by atoms with Crippen LogP contribution in [0.5, 0.6) is 11.5 Å². The van der Waals surface area contributed by atoms with E-state index in [2.05, 4.69) is 36.9 Å². The zero-order valence-electron chi connectivity index (χ0n) is 16.2. The third kappa shape index (κ3) is 4.64. The highest BCUT2D eigenvalue weighted by molar-refractivity contribution is 9.11. The second kappa shape index (κ2) is 9.32. The van der Waals surface area contributed by atoms with Gasteiger partial charge in [0.1, 0.15) is 5.75 Å². The van der Waals surface area contributed by atoms with Crippen LogP contribution in [0.2, 0.25) is 5.02 Å². The van der Waals surface area contributed by atoms with Gasteiger partial charge in [-0.05, 0) is 64.5 Å². The van der Waals surface area contributed by atoms with Crippen LogP contribution >= 0.6 is 43.5 Å². The molecule has 0 aliphatic carbocycles. The summed E-state index contributed by atoms with van der Waals surface area (Å²) in [6, 6.07) is 11.3. The molecular weight excluding hydrogens is 570 g/mol. The van der Waals surface area contributed by atoms with Gasteiger partial charge in [-0.3, -0.25) is 0 Å². The fraction of sp³-hybridized carbons (Fsp3) is 0.0455. The van der Waals surface area contributed by atoms with Crippen molar-refractivity contribution >= 4 is 67.4 Å². The molecule has 0 unspecified atom stereocenters. The topological polar surface area (TPSA) is 87.3 Å². The third-order valence-electron chi connectivity index (χ3n) is 4.26. The molecule has 162 valence electrons. The molecule has 10 heteroatoms. The van der Waals surface area contributed by atoms with E-state index in [1.807, 2.05) is 0 Å². The summed E-state index contributed by atoms with van der Waals surface area (Å²) in [6.07, 6.45) is 2.82. The summed E-state index contributed by atoms with van der Waals surface area (Å²) in [4.78, 5) is 29.2. The molecule has 0 radical (unpaired) electrons. The van der Waals surface area contributed by atoms with Gasteiger partial charge in [0, 0.05) is 15.1 Å². The normalized spacial score (nSPS) is 14.3. The van der Waals surface area contributed by atoms with Crippen LogP contribution in [0.25, 0.3) is 6.08 Å². The first-order chi connectivity index (χ1) is 15.4. The average Bonchev–Trinajstić information content (AvgIpc) is 3.41. The van der Waals surface area contributed by atoms with Gasteiger partial charge < -0.3 is 18.6 Å². The molecule has 4 rings (SSSR count). The maximum absolute atomic E-state index is 12.5. The molecule has 0 saturated carbocycles. The van der Waals surface area contributed by atoms with Crippen molar-refractivity contribution in [3.8, 4) is 11.5 Å². The Bertz CT molecular complexity index is 1280. The summed E-state index contributed by atoms with van der Waals surface area (Å²) in [6.45, 7) is 0. The summed E-state index contributed by atoms with van der Waals surface area (Å²) in [5.41, 5.74) is 0.833. The van der Waals surface area contributed by atoms with E-state index in [1.165, 1.54) is 25.5 Å². The predicted octanol–water partition coefficient (Wildman–Crippen LogP) is 6.03. The SMILES string of the molecule is COc1ccc(Cl)cc1C1=N/C(=C\c2cc(Br)cc(Br)c2OC(=O)c2ccco2)C(=O)O1. The number of nitrogens with zero attached hydrogens (tertiary/aromatic N) is 1. The number of furan rings is 1. The first-order valence-electron chi connectivity index (χ1n) is 8.97. The number of hydrogen-bond acceptors (Lipinski definition) is 7. The maximum atomic E-state index is 12.5. The van der Waals surface area contributed by atoms with Gasteiger partial charge in [-0.1, -0.05) is 27.5 Å². The van der Waals surface area contributed by atoms with E-state index < -0.39 is 11.9 Å². The molecule has 0 bridgehead atoms. The quantitative estimate of drug-likeness (QED) is 0.208. The molecule has 0 spiro atoms. The first kappa shape index (κ1) is 22.3. The Hall–Kier alpha value is -2.88. The lowest BCUT2D eigenvalue weighted by molar-refractivity contribution is -0.129. The molecule has 3 aromatic rings. The molecule has 2 aromatic carbocycles. The number of cyclic esters (lactones) is 1. The van der Waals surface area contributed by atoms with Crippen LogP contribution in [-0.2, 0) is 9.53 Å². The average molecular weight is 582 g/mol. The summed E-state index contributed by atoms with van der Waals surface area (Å²) < 4.78 is 22.4. The zero-order chi connectivity index (χ0) is 22.8. The Morgan fingerprint density at radius 3 is 2.72 bits per heavy atom. The van der Waals surface area contributed by atoms with Gasteiger partial charge in [-0.25, -0.2) is 14.6 Å². The fourth-order valence-corrected chi connectivity index (χ4v) is 4.36. The van der Waals surface area contributed by atoms with E-state index in [0.717, 1.165) is 0 Å². The van der Waals surface area contributed by atoms with E-state index in [4.69, 9.17) is 30.2 Å². The number of benzene rings is 2. The zero-order valence-corrected chi connectivity index (χ0v) is 20.2. The van der Waals surface area contributed by atoms with Crippen LogP contribution in [0.3, 0.4) is 0 Å². The first-order valence-corrected chi connectivity index (χ1v) is 10.9. The highest BCUT2D eigenvalue weighted by atomic mass is 79.9. The molecule has 0 N–H and O–H groups in total. The van der Waals surface area contributed by atoms with Gasteiger partial charge in [0.25, 0.3) is 0 Å². The number of aliphatic imine (C=N–C) groups is 1. The number of methoxy groups -OCH3 is 1. The van der Waals surface area contributed by atoms with Crippen LogP contribution in [0.4, 0.5) is 0 Å². The molecule has 1 aliphatic heterocycles. The molecule has 0 saturated heterocycles. The van der Waals surface area contributed by atoms with Crippen molar-refractivity contribution in [3.63, 3.8) is 0 Å². The Labute approximate surface area is 203 Å². The molecular formula is C22H12Br2ClNO6. The minimum Gasteiger partial charge on any atom is -0.496 e. The van der Waals surface area contributed by atoms with Crippen molar-refractivity contribution < 1.29 is 28.2 Å². The standard InChI is InChI=1S/C22H12Br2ClNO6/c1-29-17-5-4-13(25)10-14(17)20-26-16(21(27)32-20)8-11-7-12(23)9-15(24)19(11)31-22(28)18-3-2-6-30-18/h2-10H,1H3/b16-8-. The molecule has 7 nitrogen and oxygen atoms in total. The second-order valence-electron chi connectivity index (χ2n) is 6.35. The second-order valence-corrected chi connectivity index (χ2v) is 8.56. The lowest BCUT2D eigenvalue weighted by atomic mass is 10.1. The van der Waals surface area contributed by atoms with Gasteiger partial charge >= 0.3 is 11.9 Å². The predicted molar refractivity (Wildman–Crippen MR) is 124 cm³/mol. The number of esters is 2. The Kier molecular flexibility index (Phi) is 6.50. The summed E-state index contributed by atoms with van der Waals surface area (Å²) >= 11 is 12.8. The molecule has 1 aromatic heterocycles. The van der Waals surface area contributed by atoms with E-state index in [0.29, 0.717) is 30.8 Å². The van der Waals surface area contributed by atoms with Crippen molar-refractivity contribution in [2.24, 2.45) is 4.99 Å². The third-order valence-corrected chi connectivity index (χ3v) is 5.54. The van der Waals surface area contributed by atoms with E-state index in [1.54, 1.807) is 36.4 Å². The summed E-state index contributed by atoms with van der Waals surface area (Å²) in [5.74, 6) is -0.670. The van der Waals surface area contributed by atoms with Gasteiger partial charge in [0.05, 0.1) is 23.4 Å². The molecule has 0 amide bonds. The minimum atomic E-state index is -0.695. The van der Waals surface area contributed by atoms with E-state index in [9.17, 15) is 9.59 Å². The maximum Gasteiger partial charge on any atom is 0.379 e. The van der Waals surface area contributed by atoms with Crippen molar-refractivity contribution in [2.45, 2.75) is 0 Å². The molecule has 0 atom stereocenters. The highest BCUT2D eigenvalue weighted by Crippen LogP contribution is 2.36. The van der Waals surface area contributed by atoms with E-state index >= 15 is 0 Å². The number of carbonyl (C=O) groups excluding carboxylic acids is 2. The number of hydrogen-bond donors (Lipinski definition) is 0. The Balaban J connectivity index is 1.74. The lowest BCUT2D eigenvalue weighted by Gasteiger charge is -2.10. The molecule has 2 heterocycles. The van der Waals surface area contributed by atoms with E-state index in [-0.39, 0.29) is 23.1 Å². The van der Waals surface area contributed by atoms with Crippen molar-refractivity contribution in [1.29, 1.82) is 0 Å². The van der Waals surface area contributed by atoms with Crippen molar-refractivity contribution in [2.75, 3.05) is 7.11 Å². The van der Waals surface area contributed by atoms with Gasteiger partial charge in [-0.15, -0.1) is 0 Å². The fourth-order valence-electron chi connectivity index (χ4n) is 2.85. The molecule has 32 heavy (non-hydrogen) atoms. The number of halogens is 3. The summed E-state index contributed by atoms with van der Waals surface area (Å²) in [5, 5.41) is 0.431. The van der Waals surface area contributed by atoms with Crippen molar-refractivity contribution in [1.82, 2.24) is 0 Å². The van der Waals surface area contributed by atoms with Crippen LogP contribution in [0.15, 0.2) is 72.8 Å². The van der Waals surface area contributed by atoms with Crippen LogP contribution in [0, 0.1) is 0 Å². The number of rotatable bonds is 5. The van der Waals surface area contributed by atoms with Gasteiger partial charge in [-0.2, -0.15) is 0 Å². The molecule has 0 fully saturated rings. The Morgan fingerprint density at radius 2 is 2.00 bits per heavy atom. The van der Waals surface area contributed by atoms with Gasteiger partial charge in [0.2, 0.25) is 11.7 Å². The summed E-state index contributed by atoms with van der Waals surface area (Å²) in [7, 11) is 1.49. The van der Waals surface area contributed by atoms with Crippen molar-refractivity contribution in [3.05, 3.63) is 85.3 Å². The van der Waals surface area contributed by atoms with Crippen LogP contribution in [0.1, 0.15) is 21.7 Å². The van der Waals surface area contributed by atoms with Gasteiger partial charge in [0.15, 0.2) is 11.4 Å². The van der Waals surface area contributed by atoms with Crippen LogP contribution in [-0.4, -0.2) is 24.9 Å². The minimum absolute atomic E-state index is 0.00215.